The van der Waals surface area contributed by atoms with Gasteiger partial charge in [0.25, 0.3) is 10.0 Å². The molecule has 0 aliphatic heterocycles. The SMILES string of the molecule is CC(C)CNC(=O)[C@H](C)N(Cc1ccccc1F)C(=O)CN(c1ccc(I)cc1)S(=O)(=O)c1ccccc1. The number of hydrogen-bond donors (Lipinski definition) is 1. The number of carbonyl (C=O) groups is 2. The van der Waals surface area contributed by atoms with Gasteiger partial charge in [0.05, 0.1) is 10.6 Å². The number of halogens is 2. The number of sulfonamides is 1. The summed E-state index contributed by atoms with van der Waals surface area (Å²) in [6, 6.07) is 19.6. The lowest BCUT2D eigenvalue weighted by atomic mass is 10.1. The molecule has 3 aromatic rings. The van der Waals surface area contributed by atoms with Gasteiger partial charge in [-0.05, 0) is 77.9 Å². The Morgan fingerprint density at radius 2 is 1.53 bits per heavy atom. The fourth-order valence-corrected chi connectivity index (χ4v) is 5.50. The molecule has 1 N–H and O–H groups in total. The van der Waals surface area contributed by atoms with Gasteiger partial charge >= 0.3 is 0 Å². The van der Waals surface area contributed by atoms with E-state index in [-0.39, 0.29) is 22.9 Å². The third-order valence-electron chi connectivity index (χ3n) is 5.88. The summed E-state index contributed by atoms with van der Waals surface area (Å²) < 4.78 is 43.8. The van der Waals surface area contributed by atoms with Crippen molar-refractivity contribution >= 4 is 50.1 Å². The lowest BCUT2D eigenvalue weighted by molar-refractivity contribution is -0.139. The maximum atomic E-state index is 14.6. The van der Waals surface area contributed by atoms with Crippen molar-refractivity contribution in [3.63, 3.8) is 0 Å². The highest BCUT2D eigenvalue weighted by Crippen LogP contribution is 2.25. The molecule has 0 saturated carbocycles. The summed E-state index contributed by atoms with van der Waals surface area (Å²) in [6.45, 7) is 5.07. The summed E-state index contributed by atoms with van der Waals surface area (Å²) in [6.07, 6.45) is 0. The van der Waals surface area contributed by atoms with Crippen molar-refractivity contribution in [2.75, 3.05) is 17.4 Å². The van der Waals surface area contributed by atoms with Gasteiger partial charge in [-0.25, -0.2) is 12.8 Å². The number of benzene rings is 3. The monoisotopic (exact) mass is 651 g/mol. The standard InChI is InChI=1S/C28H31FIN3O4S/c1-20(2)17-31-28(35)21(3)32(18-22-9-7-8-12-26(22)29)27(34)19-33(24-15-13-23(30)14-16-24)38(36,37)25-10-5-4-6-11-25/h4-16,20-21H,17-19H2,1-3H3,(H,31,35)/t21-/m0/s1. The van der Waals surface area contributed by atoms with Gasteiger partial charge in [-0.15, -0.1) is 0 Å². The highest BCUT2D eigenvalue weighted by atomic mass is 127. The Labute approximate surface area is 237 Å². The number of anilines is 1. The summed E-state index contributed by atoms with van der Waals surface area (Å²) in [5.74, 6) is -1.38. The zero-order valence-corrected chi connectivity index (χ0v) is 24.4. The molecule has 1 atom stereocenters. The Morgan fingerprint density at radius 1 is 0.921 bits per heavy atom. The van der Waals surface area contributed by atoms with Crippen LogP contribution in [0.2, 0.25) is 0 Å². The fraction of sp³-hybridized carbons (Fsp3) is 0.286. The molecule has 0 fully saturated rings. The number of nitrogens with zero attached hydrogens (tertiary/aromatic N) is 2. The minimum Gasteiger partial charge on any atom is -0.354 e. The molecule has 3 rings (SSSR count). The minimum absolute atomic E-state index is 0.0229. The summed E-state index contributed by atoms with van der Waals surface area (Å²) in [5, 5.41) is 2.81. The van der Waals surface area contributed by atoms with Crippen LogP contribution in [0.1, 0.15) is 26.3 Å². The van der Waals surface area contributed by atoms with Crippen LogP contribution in [0.3, 0.4) is 0 Å². The molecule has 0 bridgehead atoms. The van der Waals surface area contributed by atoms with E-state index in [2.05, 4.69) is 27.9 Å². The molecule has 3 aromatic carbocycles. The van der Waals surface area contributed by atoms with Crippen molar-refractivity contribution in [2.24, 2.45) is 5.92 Å². The van der Waals surface area contributed by atoms with Gasteiger partial charge in [0.1, 0.15) is 18.4 Å². The molecule has 0 aromatic heterocycles. The van der Waals surface area contributed by atoms with Crippen molar-refractivity contribution < 1.29 is 22.4 Å². The molecule has 10 heteroatoms. The van der Waals surface area contributed by atoms with Crippen LogP contribution in [0.15, 0.2) is 83.8 Å². The molecular weight excluding hydrogens is 620 g/mol. The van der Waals surface area contributed by atoms with Crippen LogP contribution >= 0.6 is 22.6 Å². The second kappa shape index (κ2) is 13.2. The second-order valence-electron chi connectivity index (χ2n) is 9.23. The number of hydrogen-bond acceptors (Lipinski definition) is 4. The van der Waals surface area contributed by atoms with Gasteiger partial charge in [0.2, 0.25) is 11.8 Å². The van der Waals surface area contributed by atoms with Crippen LogP contribution in [0.25, 0.3) is 0 Å². The van der Waals surface area contributed by atoms with Crippen LogP contribution in [0, 0.1) is 15.3 Å². The van der Waals surface area contributed by atoms with Gasteiger partial charge in [-0.2, -0.15) is 0 Å². The average molecular weight is 652 g/mol. The highest BCUT2D eigenvalue weighted by molar-refractivity contribution is 14.1. The molecule has 0 aliphatic rings. The lowest BCUT2D eigenvalue weighted by Crippen LogP contribution is -2.51. The molecule has 202 valence electrons. The molecule has 7 nitrogen and oxygen atoms in total. The normalized spacial score (nSPS) is 12.2. The predicted molar refractivity (Wildman–Crippen MR) is 154 cm³/mol. The van der Waals surface area contributed by atoms with E-state index in [4.69, 9.17) is 0 Å². The van der Waals surface area contributed by atoms with E-state index in [0.29, 0.717) is 12.2 Å². The molecular formula is C28H31FIN3O4S. The predicted octanol–water partition coefficient (Wildman–Crippen LogP) is 4.82. The van der Waals surface area contributed by atoms with E-state index < -0.39 is 40.2 Å². The second-order valence-corrected chi connectivity index (χ2v) is 12.3. The third-order valence-corrected chi connectivity index (χ3v) is 8.38. The summed E-state index contributed by atoms with van der Waals surface area (Å²) in [5.41, 5.74) is 0.515. The number of nitrogens with one attached hydrogen (secondary N) is 1. The Hall–Kier alpha value is -2.99. The van der Waals surface area contributed by atoms with Crippen molar-refractivity contribution in [3.8, 4) is 0 Å². The third kappa shape index (κ3) is 7.53. The Bertz CT molecular complexity index is 1350. The van der Waals surface area contributed by atoms with Gasteiger partial charge in [-0.1, -0.05) is 50.2 Å². The van der Waals surface area contributed by atoms with Crippen LogP contribution in [0.4, 0.5) is 10.1 Å². The first-order valence-corrected chi connectivity index (χ1v) is 14.7. The maximum absolute atomic E-state index is 14.6. The first-order valence-electron chi connectivity index (χ1n) is 12.1. The van der Waals surface area contributed by atoms with E-state index in [9.17, 15) is 22.4 Å². The molecule has 0 spiro atoms. The molecule has 0 heterocycles. The smallest absolute Gasteiger partial charge is 0.264 e. The van der Waals surface area contributed by atoms with Gasteiger partial charge in [0.15, 0.2) is 0 Å². The van der Waals surface area contributed by atoms with Crippen LogP contribution in [0.5, 0.6) is 0 Å². The summed E-state index contributed by atoms with van der Waals surface area (Å²) >= 11 is 2.11. The summed E-state index contributed by atoms with van der Waals surface area (Å²) in [4.78, 5) is 28.0. The zero-order chi connectivity index (χ0) is 27.9. The molecule has 38 heavy (non-hydrogen) atoms. The van der Waals surface area contributed by atoms with E-state index in [1.165, 1.54) is 35.2 Å². The first-order chi connectivity index (χ1) is 18.0. The Morgan fingerprint density at radius 3 is 2.13 bits per heavy atom. The van der Waals surface area contributed by atoms with E-state index in [1.807, 2.05) is 13.8 Å². The molecule has 0 saturated heterocycles. The average Bonchev–Trinajstić information content (AvgIpc) is 2.90. The van der Waals surface area contributed by atoms with Crippen molar-refractivity contribution in [1.29, 1.82) is 0 Å². The van der Waals surface area contributed by atoms with Gasteiger partial charge in [-0.3, -0.25) is 13.9 Å². The fourth-order valence-electron chi connectivity index (χ4n) is 3.70. The summed E-state index contributed by atoms with van der Waals surface area (Å²) in [7, 11) is -4.14. The van der Waals surface area contributed by atoms with E-state index in [0.717, 1.165) is 7.88 Å². The van der Waals surface area contributed by atoms with E-state index in [1.54, 1.807) is 55.5 Å². The highest BCUT2D eigenvalue weighted by Gasteiger charge is 2.32. The van der Waals surface area contributed by atoms with E-state index >= 15 is 0 Å². The zero-order valence-electron chi connectivity index (χ0n) is 21.5. The Balaban J connectivity index is 2.00. The van der Waals surface area contributed by atoms with Gasteiger partial charge in [0, 0.05) is 22.2 Å². The largest absolute Gasteiger partial charge is 0.354 e. The first kappa shape index (κ1) is 29.6. The lowest BCUT2D eigenvalue weighted by Gasteiger charge is -2.32. The van der Waals surface area contributed by atoms with Crippen molar-refractivity contribution in [3.05, 3.63) is 93.8 Å². The van der Waals surface area contributed by atoms with Crippen LogP contribution in [-0.4, -0.2) is 44.3 Å². The molecule has 0 unspecified atom stereocenters. The number of carbonyl (C=O) groups excluding carboxylic acids is 2. The molecule has 2 amide bonds. The topological polar surface area (TPSA) is 86.8 Å². The molecule has 0 radical (unpaired) electrons. The van der Waals surface area contributed by atoms with Crippen LogP contribution < -0.4 is 9.62 Å². The maximum Gasteiger partial charge on any atom is 0.264 e. The number of rotatable bonds is 11. The van der Waals surface area contributed by atoms with Crippen LogP contribution in [-0.2, 0) is 26.2 Å². The Kier molecular flexibility index (Phi) is 10.3. The van der Waals surface area contributed by atoms with Crippen molar-refractivity contribution in [1.82, 2.24) is 10.2 Å². The molecule has 0 aliphatic carbocycles. The van der Waals surface area contributed by atoms with Crippen molar-refractivity contribution in [2.45, 2.75) is 38.3 Å². The van der Waals surface area contributed by atoms with Gasteiger partial charge < -0.3 is 10.2 Å². The quantitative estimate of drug-likeness (QED) is 0.302. The minimum atomic E-state index is -4.14. The number of amides is 2.